The Hall–Kier alpha value is -0.850. The molecule has 17 heavy (non-hydrogen) atoms. The van der Waals surface area contributed by atoms with E-state index in [2.05, 4.69) is 10.2 Å². The summed E-state index contributed by atoms with van der Waals surface area (Å²) >= 11 is 0. The molecular formula is C11H22N2O4. The van der Waals surface area contributed by atoms with E-state index in [1.54, 1.807) is 6.92 Å². The average molecular weight is 246 g/mol. The first-order valence-electron chi connectivity index (χ1n) is 6.09. The van der Waals surface area contributed by atoms with Gasteiger partial charge in [-0.05, 0) is 32.9 Å². The zero-order valence-electron chi connectivity index (χ0n) is 10.3. The molecule has 3 N–H and O–H groups in total. The number of piperidine rings is 1. The van der Waals surface area contributed by atoms with Gasteiger partial charge in [0.2, 0.25) is 0 Å². The lowest BCUT2D eigenvalue weighted by Gasteiger charge is -2.28. The van der Waals surface area contributed by atoms with Crippen LogP contribution in [-0.4, -0.2) is 59.8 Å². The van der Waals surface area contributed by atoms with E-state index in [1.807, 2.05) is 0 Å². The SMILES string of the molecule is CC(NC(=O)O)OCC(O)CN1CCCCC1. The van der Waals surface area contributed by atoms with Crippen LogP contribution in [0.2, 0.25) is 0 Å². The van der Waals surface area contributed by atoms with Crippen molar-refractivity contribution in [1.82, 2.24) is 10.2 Å². The summed E-state index contributed by atoms with van der Waals surface area (Å²) in [6.45, 7) is 4.40. The number of β-amino-alcohol motifs (C(OH)–C–C–N with tert-alkyl or cyclic N) is 1. The zero-order valence-corrected chi connectivity index (χ0v) is 10.3. The maximum atomic E-state index is 10.3. The van der Waals surface area contributed by atoms with E-state index in [9.17, 15) is 9.90 Å². The number of rotatable bonds is 6. The summed E-state index contributed by atoms with van der Waals surface area (Å²) in [6.07, 6.45) is 1.36. The Morgan fingerprint density at radius 3 is 2.65 bits per heavy atom. The van der Waals surface area contributed by atoms with Crippen LogP contribution in [0.15, 0.2) is 0 Å². The molecule has 0 radical (unpaired) electrons. The van der Waals surface area contributed by atoms with Gasteiger partial charge in [0.25, 0.3) is 0 Å². The number of hydrogen-bond acceptors (Lipinski definition) is 4. The third-order valence-corrected chi connectivity index (χ3v) is 2.78. The number of aliphatic hydroxyl groups excluding tert-OH is 1. The molecular weight excluding hydrogens is 224 g/mol. The molecule has 6 nitrogen and oxygen atoms in total. The summed E-state index contributed by atoms with van der Waals surface area (Å²) in [4.78, 5) is 12.5. The zero-order chi connectivity index (χ0) is 12.7. The molecule has 1 rings (SSSR count). The molecule has 1 aliphatic heterocycles. The Morgan fingerprint density at radius 2 is 2.06 bits per heavy atom. The van der Waals surface area contributed by atoms with Gasteiger partial charge >= 0.3 is 6.09 Å². The molecule has 0 aromatic heterocycles. The van der Waals surface area contributed by atoms with Crippen molar-refractivity contribution in [2.75, 3.05) is 26.2 Å². The standard InChI is InChI=1S/C11H22N2O4/c1-9(12-11(15)16)17-8-10(14)7-13-5-3-2-4-6-13/h9-10,12,14H,2-8H2,1H3,(H,15,16). The van der Waals surface area contributed by atoms with Gasteiger partial charge in [-0.1, -0.05) is 6.42 Å². The minimum Gasteiger partial charge on any atom is -0.465 e. The number of amides is 1. The topological polar surface area (TPSA) is 82.0 Å². The molecule has 1 amide bonds. The molecule has 1 saturated heterocycles. The lowest BCUT2D eigenvalue weighted by atomic mass is 10.1. The Balaban J connectivity index is 2.11. The number of ether oxygens (including phenoxy) is 1. The molecule has 1 aliphatic rings. The fourth-order valence-electron chi connectivity index (χ4n) is 1.96. The normalized spacial score (nSPS) is 20.8. The van der Waals surface area contributed by atoms with Crippen LogP contribution < -0.4 is 5.32 Å². The second-order valence-corrected chi connectivity index (χ2v) is 4.44. The van der Waals surface area contributed by atoms with Gasteiger partial charge < -0.3 is 19.8 Å². The van der Waals surface area contributed by atoms with E-state index in [4.69, 9.17) is 9.84 Å². The number of nitrogens with one attached hydrogen (secondary N) is 1. The number of carboxylic acid groups (broad SMARTS) is 1. The first-order valence-corrected chi connectivity index (χ1v) is 6.09. The second kappa shape index (κ2) is 7.47. The van der Waals surface area contributed by atoms with Crippen molar-refractivity contribution in [2.24, 2.45) is 0 Å². The molecule has 0 saturated carbocycles. The van der Waals surface area contributed by atoms with Gasteiger partial charge in [-0.25, -0.2) is 4.79 Å². The average Bonchev–Trinajstić information content (AvgIpc) is 2.27. The van der Waals surface area contributed by atoms with Crippen LogP contribution in [0.1, 0.15) is 26.2 Å². The minimum absolute atomic E-state index is 0.151. The largest absolute Gasteiger partial charge is 0.465 e. The monoisotopic (exact) mass is 246 g/mol. The summed E-state index contributed by atoms with van der Waals surface area (Å²) < 4.78 is 5.19. The summed E-state index contributed by atoms with van der Waals surface area (Å²) in [6, 6.07) is 0. The van der Waals surface area contributed by atoms with Crippen molar-refractivity contribution >= 4 is 6.09 Å². The van der Waals surface area contributed by atoms with Crippen LogP contribution in [0.5, 0.6) is 0 Å². The lowest BCUT2D eigenvalue weighted by Crippen LogP contribution is -2.40. The third kappa shape index (κ3) is 6.45. The van der Waals surface area contributed by atoms with E-state index >= 15 is 0 Å². The molecule has 0 aliphatic carbocycles. The highest BCUT2D eigenvalue weighted by molar-refractivity contribution is 5.64. The summed E-state index contributed by atoms with van der Waals surface area (Å²) in [5, 5.41) is 20.4. The van der Waals surface area contributed by atoms with Crippen LogP contribution in [0.3, 0.4) is 0 Å². The molecule has 2 unspecified atom stereocenters. The molecule has 1 fully saturated rings. The molecule has 100 valence electrons. The van der Waals surface area contributed by atoms with Crippen molar-refractivity contribution in [3.63, 3.8) is 0 Å². The Bertz CT molecular complexity index is 232. The molecule has 0 aromatic carbocycles. The van der Waals surface area contributed by atoms with E-state index in [0.29, 0.717) is 6.54 Å². The van der Waals surface area contributed by atoms with Crippen LogP contribution in [0.25, 0.3) is 0 Å². The number of carbonyl (C=O) groups is 1. The first-order chi connectivity index (χ1) is 8.08. The summed E-state index contributed by atoms with van der Waals surface area (Å²) in [7, 11) is 0. The highest BCUT2D eigenvalue weighted by Crippen LogP contribution is 2.09. The van der Waals surface area contributed by atoms with Crippen molar-refractivity contribution in [3.8, 4) is 0 Å². The highest BCUT2D eigenvalue weighted by Gasteiger charge is 2.15. The van der Waals surface area contributed by atoms with Crippen molar-refractivity contribution in [3.05, 3.63) is 0 Å². The molecule has 2 atom stereocenters. The van der Waals surface area contributed by atoms with Gasteiger partial charge in [-0.2, -0.15) is 0 Å². The first kappa shape index (κ1) is 14.2. The third-order valence-electron chi connectivity index (χ3n) is 2.78. The number of nitrogens with zero attached hydrogens (tertiary/aromatic N) is 1. The fraction of sp³-hybridized carbons (Fsp3) is 0.909. The predicted molar refractivity (Wildman–Crippen MR) is 62.9 cm³/mol. The predicted octanol–water partition coefficient (Wildman–Crippen LogP) is 0.463. The number of hydrogen-bond donors (Lipinski definition) is 3. The van der Waals surface area contributed by atoms with E-state index < -0.39 is 18.4 Å². The number of aliphatic hydroxyl groups is 1. The summed E-state index contributed by atoms with van der Waals surface area (Å²) in [5.74, 6) is 0. The van der Waals surface area contributed by atoms with Crippen LogP contribution in [0, 0.1) is 0 Å². The fourth-order valence-corrected chi connectivity index (χ4v) is 1.96. The van der Waals surface area contributed by atoms with Crippen LogP contribution >= 0.6 is 0 Å². The summed E-state index contributed by atoms with van der Waals surface area (Å²) in [5.41, 5.74) is 0. The Kier molecular flexibility index (Phi) is 6.25. The lowest BCUT2D eigenvalue weighted by molar-refractivity contribution is -0.0257. The molecule has 1 heterocycles. The maximum absolute atomic E-state index is 10.3. The van der Waals surface area contributed by atoms with E-state index in [1.165, 1.54) is 19.3 Å². The Labute approximate surface area is 102 Å². The van der Waals surface area contributed by atoms with Gasteiger partial charge in [0.05, 0.1) is 12.7 Å². The van der Waals surface area contributed by atoms with Gasteiger partial charge in [-0.3, -0.25) is 5.32 Å². The van der Waals surface area contributed by atoms with E-state index in [0.717, 1.165) is 13.1 Å². The van der Waals surface area contributed by atoms with Crippen LogP contribution in [0.4, 0.5) is 4.79 Å². The van der Waals surface area contributed by atoms with Gasteiger partial charge in [-0.15, -0.1) is 0 Å². The van der Waals surface area contributed by atoms with Gasteiger partial charge in [0.15, 0.2) is 0 Å². The van der Waals surface area contributed by atoms with Gasteiger partial charge in [0, 0.05) is 6.54 Å². The quantitative estimate of drug-likeness (QED) is 0.593. The molecule has 0 bridgehead atoms. The highest BCUT2D eigenvalue weighted by atomic mass is 16.5. The maximum Gasteiger partial charge on any atom is 0.406 e. The van der Waals surface area contributed by atoms with E-state index in [-0.39, 0.29) is 6.61 Å². The smallest absolute Gasteiger partial charge is 0.406 e. The van der Waals surface area contributed by atoms with Crippen molar-refractivity contribution in [1.29, 1.82) is 0 Å². The molecule has 0 spiro atoms. The number of likely N-dealkylation sites (tertiary alicyclic amines) is 1. The minimum atomic E-state index is -1.12. The van der Waals surface area contributed by atoms with Crippen molar-refractivity contribution < 1.29 is 19.7 Å². The second-order valence-electron chi connectivity index (χ2n) is 4.44. The Morgan fingerprint density at radius 1 is 1.41 bits per heavy atom. The van der Waals surface area contributed by atoms with Crippen LogP contribution in [-0.2, 0) is 4.74 Å². The molecule has 0 aromatic rings. The van der Waals surface area contributed by atoms with Gasteiger partial charge in [0.1, 0.15) is 6.23 Å². The van der Waals surface area contributed by atoms with Crippen molar-refractivity contribution in [2.45, 2.75) is 38.5 Å². The molecule has 6 heteroatoms.